The van der Waals surface area contributed by atoms with Crippen molar-refractivity contribution >= 4 is 24.8 Å². The van der Waals surface area contributed by atoms with Gasteiger partial charge in [-0.25, -0.2) is 0 Å². The second kappa shape index (κ2) is 11.6. The SMILES string of the molecule is C=CCC[C@H](c1c(OC)cc(C)cc1OC)N1CCNCC1.Cl.Cl. The maximum Gasteiger partial charge on any atom is 0.127 e. The molecule has 0 unspecified atom stereocenters. The van der Waals surface area contributed by atoms with Crippen molar-refractivity contribution in [1.29, 1.82) is 0 Å². The third kappa shape index (κ3) is 5.55. The third-order valence-corrected chi connectivity index (χ3v) is 4.26. The van der Waals surface area contributed by atoms with Gasteiger partial charge in [-0.2, -0.15) is 0 Å². The summed E-state index contributed by atoms with van der Waals surface area (Å²) < 4.78 is 11.3. The van der Waals surface area contributed by atoms with E-state index in [4.69, 9.17) is 9.47 Å². The molecule has 0 bridgehead atoms. The predicted octanol–water partition coefficient (Wildman–Crippen LogP) is 3.77. The molecule has 1 aliphatic rings. The zero-order valence-electron chi connectivity index (χ0n) is 14.8. The van der Waals surface area contributed by atoms with Crippen LogP contribution in [0.15, 0.2) is 24.8 Å². The zero-order chi connectivity index (χ0) is 15.9. The van der Waals surface area contributed by atoms with Crippen LogP contribution in [-0.2, 0) is 0 Å². The first-order valence-electron chi connectivity index (χ1n) is 7.99. The Bertz CT molecular complexity index is 481. The first-order chi connectivity index (χ1) is 10.7. The van der Waals surface area contributed by atoms with Crippen LogP contribution in [0.2, 0.25) is 0 Å². The fourth-order valence-corrected chi connectivity index (χ4v) is 3.18. The lowest BCUT2D eigenvalue weighted by molar-refractivity contribution is 0.160. The largest absolute Gasteiger partial charge is 0.496 e. The second-order valence-corrected chi connectivity index (χ2v) is 5.75. The molecule has 1 atom stereocenters. The number of nitrogens with zero attached hydrogens (tertiary/aromatic N) is 1. The van der Waals surface area contributed by atoms with E-state index in [2.05, 4.69) is 35.9 Å². The van der Waals surface area contributed by atoms with Crippen molar-refractivity contribution in [3.05, 3.63) is 35.9 Å². The Labute approximate surface area is 158 Å². The second-order valence-electron chi connectivity index (χ2n) is 5.75. The van der Waals surface area contributed by atoms with Gasteiger partial charge in [0, 0.05) is 32.2 Å². The number of hydrogen-bond donors (Lipinski definition) is 1. The molecule has 1 heterocycles. The molecule has 1 N–H and O–H groups in total. The molecule has 1 aliphatic heterocycles. The van der Waals surface area contributed by atoms with Gasteiger partial charge in [0.1, 0.15) is 11.5 Å². The van der Waals surface area contributed by atoms with Crippen LogP contribution >= 0.6 is 24.8 Å². The minimum Gasteiger partial charge on any atom is -0.496 e. The Morgan fingerprint density at radius 1 is 1.17 bits per heavy atom. The summed E-state index contributed by atoms with van der Waals surface area (Å²) in [6, 6.07) is 4.49. The Morgan fingerprint density at radius 2 is 1.71 bits per heavy atom. The van der Waals surface area contributed by atoms with Crippen molar-refractivity contribution in [2.75, 3.05) is 40.4 Å². The van der Waals surface area contributed by atoms with Gasteiger partial charge in [0.15, 0.2) is 0 Å². The molecule has 0 radical (unpaired) electrons. The highest BCUT2D eigenvalue weighted by Crippen LogP contribution is 2.40. The van der Waals surface area contributed by atoms with Gasteiger partial charge in [-0.05, 0) is 37.5 Å². The van der Waals surface area contributed by atoms with E-state index < -0.39 is 0 Å². The summed E-state index contributed by atoms with van der Waals surface area (Å²) in [6.45, 7) is 10.1. The molecule has 138 valence electrons. The third-order valence-electron chi connectivity index (χ3n) is 4.26. The maximum absolute atomic E-state index is 5.67. The van der Waals surface area contributed by atoms with Crippen molar-refractivity contribution in [2.45, 2.75) is 25.8 Å². The Hall–Kier alpha value is -0.940. The molecule has 24 heavy (non-hydrogen) atoms. The maximum atomic E-state index is 5.67. The standard InChI is InChI=1S/C18H28N2O2.2ClH/c1-5-6-7-15(20-10-8-19-9-11-20)18-16(21-3)12-14(2)13-17(18)22-4;;/h5,12-13,15,19H,1,6-11H2,2-4H3;2*1H/t15-;;/m1../s1. The first kappa shape index (κ1) is 23.1. The lowest BCUT2D eigenvalue weighted by atomic mass is 9.96. The monoisotopic (exact) mass is 376 g/mol. The Kier molecular flexibility index (Phi) is 11.1. The molecule has 0 aromatic heterocycles. The molecular formula is C18H30Cl2N2O2. The molecule has 1 aromatic carbocycles. The number of aryl methyl sites for hydroxylation is 1. The van der Waals surface area contributed by atoms with Crippen LogP contribution < -0.4 is 14.8 Å². The number of hydrogen-bond acceptors (Lipinski definition) is 4. The molecule has 0 aliphatic carbocycles. The topological polar surface area (TPSA) is 33.7 Å². The molecule has 1 saturated heterocycles. The van der Waals surface area contributed by atoms with E-state index >= 15 is 0 Å². The number of methoxy groups -OCH3 is 2. The van der Waals surface area contributed by atoms with Crippen LogP contribution in [0.4, 0.5) is 0 Å². The quantitative estimate of drug-likeness (QED) is 0.734. The van der Waals surface area contributed by atoms with Crippen molar-refractivity contribution in [3.63, 3.8) is 0 Å². The van der Waals surface area contributed by atoms with Gasteiger partial charge in [-0.1, -0.05) is 6.08 Å². The van der Waals surface area contributed by atoms with Crippen LogP contribution in [0.5, 0.6) is 11.5 Å². The molecule has 0 saturated carbocycles. The zero-order valence-corrected chi connectivity index (χ0v) is 16.5. The smallest absolute Gasteiger partial charge is 0.127 e. The van der Waals surface area contributed by atoms with E-state index in [-0.39, 0.29) is 24.8 Å². The van der Waals surface area contributed by atoms with Gasteiger partial charge in [-0.3, -0.25) is 4.90 Å². The van der Waals surface area contributed by atoms with E-state index in [1.807, 2.05) is 6.08 Å². The average Bonchev–Trinajstić information content (AvgIpc) is 2.56. The molecule has 4 nitrogen and oxygen atoms in total. The predicted molar refractivity (Wildman–Crippen MR) is 105 cm³/mol. The van der Waals surface area contributed by atoms with Gasteiger partial charge in [0.25, 0.3) is 0 Å². The summed E-state index contributed by atoms with van der Waals surface area (Å²) in [6.07, 6.45) is 4.00. The molecule has 2 rings (SSSR count). The van der Waals surface area contributed by atoms with Crippen LogP contribution in [0.1, 0.15) is 30.0 Å². The number of halogens is 2. The number of benzene rings is 1. The van der Waals surface area contributed by atoms with Gasteiger partial charge >= 0.3 is 0 Å². The van der Waals surface area contributed by atoms with Gasteiger partial charge in [-0.15, -0.1) is 31.4 Å². The van der Waals surface area contributed by atoms with E-state index in [0.29, 0.717) is 6.04 Å². The number of allylic oxidation sites excluding steroid dienone is 1. The molecule has 0 spiro atoms. The van der Waals surface area contributed by atoms with E-state index in [1.165, 1.54) is 5.56 Å². The lowest BCUT2D eigenvalue weighted by Crippen LogP contribution is -2.45. The van der Waals surface area contributed by atoms with Crippen molar-refractivity contribution in [1.82, 2.24) is 10.2 Å². The molecule has 6 heteroatoms. The molecule has 0 amide bonds. The van der Waals surface area contributed by atoms with Gasteiger partial charge in [0.2, 0.25) is 0 Å². The number of piperazine rings is 1. The Balaban J connectivity index is 0.00000264. The van der Waals surface area contributed by atoms with E-state index in [0.717, 1.165) is 56.1 Å². The van der Waals surface area contributed by atoms with Gasteiger partial charge < -0.3 is 14.8 Å². The average molecular weight is 377 g/mol. The highest BCUT2D eigenvalue weighted by Gasteiger charge is 2.27. The minimum absolute atomic E-state index is 0. The summed E-state index contributed by atoms with van der Waals surface area (Å²) in [5.74, 6) is 1.84. The van der Waals surface area contributed by atoms with Gasteiger partial charge in [0.05, 0.1) is 19.8 Å². The summed E-state index contributed by atoms with van der Waals surface area (Å²) in [4.78, 5) is 2.52. The van der Waals surface area contributed by atoms with Crippen molar-refractivity contribution in [3.8, 4) is 11.5 Å². The minimum atomic E-state index is 0. The highest BCUT2D eigenvalue weighted by molar-refractivity contribution is 5.85. The molecule has 1 aromatic rings. The molecule has 1 fully saturated rings. The molecular weight excluding hydrogens is 347 g/mol. The number of rotatable bonds is 7. The van der Waals surface area contributed by atoms with Crippen molar-refractivity contribution < 1.29 is 9.47 Å². The van der Waals surface area contributed by atoms with E-state index in [1.54, 1.807) is 14.2 Å². The fourth-order valence-electron chi connectivity index (χ4n) is 3.18. The van der Waals surface area contributed by atoms with Crippen LogP contribution in [-0.4, -0.2) is 45.3 Å². The first-order valence-corrected chi connectivity index (χ1v) is 7.99. The number of nitrogens with one attached hydrogen (secondary N) is 1. The Morgan fingerprint density at radius 3 is 2.17 bits per heavy atom. The fraction of sp³-hybridized carbons (Fsp3) is 0.556. The van der Waals surface area contributed by atoms with Crippen LogP contribution in [0.25, 0.3) is 0 Å². The van der Waals surface area contributed by atoms with E-state index in [9.17, 15) is 0 Å². The summed E-state index contributed by atoms with van der Waals surface area (Å²) in [7, 11) is 3.47. The normalized spacial score (nSPS) is 15.6. The van der Waals surface area contributed by atoms with Crippen LogP contribution in [0, 0.1) is 6.92 Å². The summed E-state index contributed by atoms with van der Waals surface area (Å²) in [5, 5.41) is 3.42. The highest BCUT2D eigenvalue weighted by atomic mass is 35.5. The van der Waals surface area contributed by atoms with Crippen LogP contribution in [0.3, 0.4) is 0 Å². The van der Waals surface area contributed by atoms with Crippen molar-refractivity contribution in [2.24, 2.45) is 0 Å². The number of ether oxygens (including phenoxy) is 2. The summed E-state index contributed by atoms with van der Waals surface area (Å²) in [5.41, 5.74) is 2.32. The lowest BCUT2D eigenvalue weighted by Gasteiger charge is -2.36. The summed E-state index contributed by atoms with van der Waals surface area (Å²) >= 11 is 0.